The Bertz CT molecular complexity index is 628. The second kappa shape index (κ2) is 6.64. The van der Waals surface area contributed by atoms with Crippen LogP contribution in [-0.4, -0.2) is 66.8 Å². The summed E-state index contributed by atoms with van der Waals surface area (Å²) in [5, 5.41) is 0. The van der Waals surface area contributed by atoms with Crippen LogP contribution in [0.5, 0.6) is 0 Å². The average molecular weight is 313 g/mol. The van der Waals surface area contributed by atoms with Crippen LogP contribution in [0, 0.1) is 0 Å². The maximum atomic E-state index is 11.9. The van der Waals surface area contributed by atoms with Crippen LogP contribution in [-0.2, 0) is 16.1 Å². The first-order chi connectivity index (χ1) is 11.0. The van der Waals surface area contributed by atoms with Gasteiger partial charge < -0.3 is 4.90 Å². The first-order valence-electron chi connectivity index (χ1n) is 8.04. The number of nitrogens with zero attached hydrogens (tertiary/aromatic N) is 3. The van der Waals surface area contributed by atoms with E-state index in [-0.39, 0.29) is 18.2 Å². The summed E-state index contributed by atoms with van der Waals surface area (Å²) in [6.45, 7) is 5.41. The number of rotatable bonds is 3. The van der Waals surface area contributed by atoms with Crippen LogP contribution in [0.15, 0.2) is 29.8 Å². The van der Waals surface area contributed by atoms with E-state index < -0.39 is 0 Å². The Balaban J connectivity index is 1.63. The van der Waals surface area contributed by atoms with Crippen molar-refractivity contribution in [2.24, 2.45) is 0 Å². The minimum Gasteiger partial charge on any atom is -0.304 e. The molecule has 0 aromatic heterocycles. The third kappa shape index (κ3) is 3.68. The van der Waals surface area contributed by atoms with E-state index in [4.69, 9.17) is 0 Å². The van der Waals surface area contributed by atoms with Gasteiger partial charge in [-0.2, -0.15) is 0 Å². The van der Waals surface area contributed by atoms with Gasteiger partial charge in [0.2, 0.25) is 5.91 Å². The molecule has 0 N–H and O–H groups in total. The molecule has 2 fully saturated rings. The molecule has 0 atom stereocenters. The number of benzene rings is 1. The lowest BCUT2D eigenvalue weighted by Gasteiger charge is -2.32. The van der Waals surface area contributed by atoms with E-state index in [0.29, 0.717) is 5.57 Å². The molecule has 2 aliphatic rings. The molecular weight excluding hydrogens is 290 g/mol. The number of amides is 2. The summed E-state index contributed by atoms with van der Waals surface area (Å²) in [7, 11) is 3.69. The van der Waals surface area contributed by atoms with Crippen molar-refractivity contribution in [1.29, 1.82) is 0 Å². The van der Waals surface area contributed by atoms with Crippen molar-refractivity contribution in [3.8, 4) is 0 Å². The molecule has 23 heavy (non-hydrogen) atoms. The fraction of sp³-hybridized carbons (Fsp3) is 0.444. The average Bonchev–Trinajstić information content (AvgIpc) is 2.79. The molecule has 0 saturated carbocycles. The maximum absolute atomic E-state index is 11.9. The molecule has 0 unspecified atom stereocenters. The molecule has 0 spiro atoms. The fourth-order valence-corrected chi connectivity index (χ4v) is 2.98. The fourth-order valence-electron chi connectivity index (χ4n) is 2.98. The van der Waals surface area contributed by atoms with Crippen LogP contribution in [0.3, 0.4) is 0 Å². The van der Waals surface area contributed by atoms with E-state index in [0.717, 1.165) is 38.3 Å². The highest BCUT2D eigenvalue weighted by Crippen LogP contribution is 2.20. The number of imide groups is 1. The first-order valence-corrected chi connectivity index (χ1v) is 8.04. The van der Waals surface area contributed by atoms with Gasteiger partial charge in [-0.15, -0.1) is 0 Å². The highest BCUT2D eigenvalue weighted by Gasteiger charge is 2.30. The van der Waals surface area contributed by atoms with Crippen molar-refractivity contribution in [2.45, 2.75) is 13.0 Å². The van der Waals surface area contributed by atoms with Crippen LogP contribution in [0.1, 0.15) is 17.5 Å². The molecular formula is C18H23N3O2. The van der Waals surface area contributed by atoms with Gasteiger partial charge in [-0.3, -0.25) is 19.4 Å². The Morgan fingerprint density at radius 3 is 2.22 bits per heavy atom. The highest BCUT2D eigenvalue weighted by atomic mass is 16.2. The lowest BCUT2D eigenvalue weighted by Crippen LogP contribution is -2.43. The van der Waals surface area contributed by atoms with Crippen molar-refractivity contribution < 1.29 is 9.59 Å². The summed E-state index contributed by atoms with van der Waals surface area (Å²) in [6, 6.07) is 8.26. The van der Waals surface area contributed by atoms with E-state index in [1.807, 2.05) is 18.2 Å². The van der Waals surface area contributed by atoms with Crippen LogP contribution in [0.4, 0.5) is 0 Å². The van der Waals surface area contributed by atoms with Gasteiger partial charge >= 0.3 is 0 Å². The first kappa shape index (κ1) is 15.9. The zero-order chi connectivity index (χ0) is 16.4. The molecule has 2 saturated heterocycles. The smallest absolute Gasteiger partial charge is 0.256 e. The quantitative estimate of drug-likeness (QED) is 0.621. The SMILES string of the molecule is CN1CCN(Cc2ccc(/C=C3\CC(=O)N(C)C3=O)cc2)CC1. The largest absolute Gasteiger partial charge is 0.304 e. The Morgan fingerprint density at radius 1 is 1.00 bits per heavy atom. The van der Waals surface area contributed by atoms with E-state index in [2.05, 4.69) is 29.0 Å². The third-order valence-electron chi connectivity index (χ3n) is 4.62. The van der Waals surface area contributed by atoms with Gasteiger partial charge in [0, 0.05) is 45.3 Å². The van der Waals surface area contributed by atoms with Crippen molar-refractivity contribution in [3.05, 3.63) is 41.0 Å². The van der Waals surface area contributed by atoms with Gasteiger partial charge in [-0.1, -0.05) is 24.3 Å². The van der Waals surface area contributed by atoms with Crippen molar-refractivity contribution in [1.82, 2.24) is 14.7 Å². The molecule has 5 heteroatoms. The van der Waals surface area contributed by atoms with Crippen LogP contribution in [0.25, 0.3) is 6.08 Å². The standard InChI is InChI=1S/C18H23N3O2/c1-19-7-9-21(10-8-19)13-15-5-3-14(4-6-15)11-16-12-17(22)20(2)18(16)23/h3-6,11H,7-10,12-13H2,1-2H3/b16-11+. The summed E-state index contributed by atoms with van der Waals surface area (Å²) in [4.78, 5) is 29.4. The van der Waals surface area contributed by atoms with Gasteiger partial charge in [0.1, 0.15) is 0 Å². The minimum absolute atomic E-state index is 0.132. The molecule has 0 radical (unpaired) electrons. The number of likely N-dealkylation sites (tertiary alicyclic amines) is 1. The molecule has 122 valence electrons. The molecule has 1 aromatic rings. The van der Waals surface area contributed by atoms with E-state index in [1.54, 1.807) is 0 Å². The maximum Gasteiger partial charge on any atom is 0.256 e. The normalized spacial score (nSPS) is 22.3. The minimum atomic E-state index is -0.184. The number of hydrogen-bond acceptors (Lipinski definition) is 4. The lowest BCUT2D eigenvalue weighted by molar-refractivity contribution is -0.135. The van der Waals surface area contributed by atoms with Crippen LogP contribution in [0.2, 0.25) is 0 Å². The summed E-state index contributed by atoms with van der Waals surface area (Å²) >= 11 is 0. The molecule has 2 heterocycles. The lowest BCUT2D eigenvalue weighted by atomic mass is 10.1. The zero-order valence-electron chi connectivity index (χ0n) is 13.8. The Morgan fingerprint density at radius 2 is 1.65 bits per heavy atom. The Hall–Kier alpha value is -1.98. The topological polar surface area (TPSA) is 43.9 Å². The zero-order valence-corrected chi connectivity index (χ0v) is 13.8. The summed E-state index contributed by atoms with van der Waals surface area (Å²) in [6.07, 6.45) is 2.03. The summed E-state index contributed by atoms with van der Waals surface area (Å²) < 4.78 is 0. The van der Waals surface area contributed by atoms with Gasteiger partial charge in [0.15, 0.2) is 0 Å². The van der Waals surface area contributed by atoms with Gasteiger partial charge in [0.25, 0.3) is 5.91 Å². The highest BCUT2D eigenvalue weighted by molar-refractivity contribution is 6.15. The molecule has 2 aliphatic heterocycles. The molecule has 1 aromatic carbocycles. The van der Waals surface area contributed by atoms with Crippen molar-refractivity contribution >= 4 is 17.9 Å². The number of piperazine rings is 1. The molecule has 0 aliphatic carbocycles. The van der Waals surface area contributed by atoms with Crippen LogP contribution >= 0.6 is 0 Å². The predicted octanol–water partition coefficient (Wildman–Crippen LogP) is 1.21. The van der Waals surface area contributed by atoms with Crippen molar-refractivity contribution in [3.63, 3.8) is 0 Å². The molecule has 2 amide bonds. The Labute approximate surface area is 137 Å². The molecule has 0 bridgehead atoms. The van der Waals surface area contributed by atoms with E-state index in [9.17, 15) is 9.59 Å². The van der Waals surface area contributed by atoms with Gasteiger partial charge in [0.05, 0.1) is 6.42 Å². The number of carbonyl (C=O) groups is 2. The summed E-state index contributed by atoms with van der Waals surface area (Å²) in [5.74, 6) is -0.315. The summed E-state index contributed by atoms with van der Waals surface area (Å²) in [5.41, 5.74) is 2.82. The van der Waals surface area contributed by atoms with Crippen molar-refractivity contribution in [2.75, 3.05) is 40.3 Å². The predicted molar refractivity (Wildman–Crippen MR) is 89.6 cm³/mol. The van der Waals surface area contributed by atoms with Crippen LogP contribution < -0.4 is 0 Å². The number of carbonyl (C=O) groups excluding carboxylic acids is 2. The monoisotopic (exact) mass is 313 g/mol. The Kier molecular flexibility index (Phi) is 4.59. The second-order valence-electron chi connectivity index (χ2n) is 6.43. The van der Waals surface area contributed by atoms with E-state index >= 15 is 0 Å². The van der Waals surface area contributed by atoms with Gasteiger partial charge in [-0.05, 0) is 24.3 Å². The van der Waals surface area contributed by atoms with Gasteiger partial charge in [-0.25, -0.2) is 0 Å². The second-order valence-corrected chi connectivity index (χ2v) is 6.43. The molecule has 5 nitrogen and oxygen atoms in total. The number of hydrogen-bond donors (Lipinski definition) is 0. The third-order valence-corrected chi connectivity index (χ3v) is 4.62. The number of likely N-dealkylation sites (N-methyl/N-ethyl adjacent to an activating group) is 2. The van der Waals surface area contributed by atoms with E-state index in [1.165, 1.54) is 17.5 Å². The molecule has 3 rings (SSSR count).